The minimum Gasteiger partial charge on any atom is -0.319 e. The second kappa shape index (κ2) is 5.00. The van der Waals surface area contributed by atoms with Crippen molar-refractivity contribution in [1.82, 2.24) is 14.8 Å². The van der Waals surface area contributed by atoms with E-state index in [9.17, 15) is 4.79 Å². The van der Waals surface area contributed by atoms with Crippen LogP contribution in [-0.2, 0) is 7.05 Å². The van der Waals surface area contributed by atoms with Gasteiger partial charge in [-0.25, -0.2) is 9.67 Å². The van der Waals surface area contributed by atoms with Gasteiger partial charge in [-0.3, -0.25) is 4.79 Å². The van der Waals surface area contributed by atoms with Gasteiger partial charge in [-0.15, -0.1) is 0 Å². The van der Waals surface area contributed by atoms with Gasteiger partial charge >= 0.3 is 0 Å². The van der Waals surface area contributed by atoms with E-state index in [4.69, 9.17) is 0 Å². The number of carbonyl (C=O) groups is 1. The summed E-state index contributed by atoms with van der Waals surface area (Å²) in [7, 11) is 1.69. The third kappa shape index (κ3) is 2.56. The van der Waals surface area contributed by atoms with Crippen LogP contribution in [0.2, 0.25) is 0 Å². The van der Waals surface area contributed by atoms with Crippen LogP contribution in [0.1, 0.15) is 35.9 Å². The van der Waals surface area contributed by atoms with Crippen LogP contribution < -0.4 is 5.32 Å². The summed E-state index contributed by atoms with van der Waals surface area (Å²) < 4.78 is 1.45. The molecule has 2 aromatic rings. The number of carbonyl (C=O) groups excluding carboxylic acids is 1. The summed E-state index contributed by atoms with van der Waals surface area (Å²) in [5.74, 6) is 0.470. The number of amides is 1. The lowest BCUT2D eigenvalue weighted by Gasteiger charge is -2.09. The minimum atomic E-state index is -0.254. The maximum absolute atomic E-state index is 11.9. The molecule has 0 saturated carbocycles. The summed E-state index contributed by atoms with van der Waals surface area (Å²) in [5, 5.41) is 6.69. The molecule has 0 unspecified atom stereocenters. The van der Waals surface area contributed by atoms with Crippen LogP contribution >= 0.6 is 0 Å². The van der Waals surface area contributed by atoms with Gasteiger partial charge in [0, 0.05) is 12.7 Å². The molecule has 0 bridgehead atoms. The van der Waals surface area contributed by atoms with E-state index < -0.39 is 0 Å². The number of rotatable bonds is 3. The van der Waals surface area contributed by atoms with Crippen molar-refractivity contribution in [1.29, 1.82) is 0 Å². The lowest BCUT2D eigenvalue weighted by molar-refractivity contribution is 0.101. The average Bonchev–Trinajstić information content (AvgIpc) is 2.76. The largest absolute Gasteiger partial charge is 0.319 e. The molecule has 1 amide bonds. The Labute approximate surface area is 106 Å². The monoisotopic (exact) mass is 244 g/mol. The highest BCUT2D eigenvalue weighted by Crippen LogP contribution is 2.18. The highest BCUT2D eigenvalue weighted by Gasteiger charge is 2.12. The summed E-state index contributed by atoms with van der Waals surface area (Å²) in [6, 6.07) is 7.81. The summed E-state index contributed by atoms with van der Waals surface area (Å²) >= 11 is 0. The maximum atomic E-state index is 11.9. The number of nitrogens with one attached hydrogen (secondary N) is 1. The van der Waals surface area contributed by atoms with Crippen LogP contribution in [0, 0.1) is 0 Å². The van der Waals surface area contributed by atoms with Gasteiger partial charge in [-0.05, 0) is 23.6 Å². The van der Waals surface area contributed by atoms with Gasteiger partial charge in [-0.1, -0.05) is 26.0 Å². The summed E-state index contributed by atoms with van der Waals surface area (Å²) in [6.45, 7) is 4.23. The van der Waals surface area contributed by atoms with Crippen LogP contribution in [0.15, 0.2) is 30.6 Å². The molecule has 1 aromatic heterocycles. The van der Waals surface area contributed by atoms with E-state index >= 15 is 0 Å². The Morgan fingerprint density at radius 2 is 2.17 bits per heavy atom. The molecule has 0 aliphatic rings. The van der Waals surface area contributed by atoms with E-state index in [-0.39, 0.29) is 5.91 Å². The van der Waals surface area contributed by atoms with Gasteiger partial charge in [0.1, 0.15) is 6.33 Å². The first-order valence-electron chi connectivity index (χ1n) is 5.83. The SMILES string of the molecule is CC(C)c1cccc(NC(=O)c2ncnn2C)c1. The molecule has 5 heteroatoms. The molecule has 1 N–H and O–H groups in total. The molecule has 94 valence electrons. The van der Waals surface area contributed by atoms with Crippen molar-refractivity contribution < 1.29 is 4.79 Å². The third-order valence-electron chi connectivity index (χ3n) is 2.73. The van der Waals surface area contributed by atoms with E-state index in [1.807, 2.05) is 24.3 Å². The van der Waals surface area contributed by atoms with Crippen molar-refractivity contribution in [2.24, 2.45) is 7.05 Å². The van der Waals surface area contributed by atoms with Crippen LogP contribution in [0.3, 0.4) is 0 Å². The minimum absolute atomic E-state index is 0.254. The standard InChI is InChI=1S/C13H16N4O/c1-9(2)10-5-4-6-11(7-10)16-13(18)12-14-8-15-17(12)3/h4-9H,1-3H3,(H,16,18). The lowest BCUT2D eigenvalue weighted by Crippen LogP contribution is -2.17. The quantitative estimate of drug-likeness (QED) is 0.900. The predicted molar refractivity (Wildman–Crippen MR) is 69.5 cm³/mol. The van der Waals surface area contributed by atoms with Crippen LogP contribution in [0.4, 0.5) is 5.69 Å². The fourth-order valence-corrected chi connectivity index (χ4v) is 1.66. The Morgan fingerprint density at radius 1 is 1.39 bits per heavy atom. The number of nitrogens with zero attached hydrogens (tertiary/aromatic N) is 3. The molecule has 1 heterocycles. The Balaban J connectivity index is 2.17. The molecule has 5 nitrogen and oxygen atoms in total. The average molecular weight is 244 g/mol. The predicted octanol–water partition coefficient (Wildman–Crippen LogP) is 2.19. The summed E-state index contributed by atoms with van der Waals surface area (Å²) in [4.78, 5) is 15.9. The first-order valence-corrected chi connectivity index (χ1v) is 5.83. The van der Waals surface area contributed by atoms with Crippen molar-refractivity contribution >= 4 is 11.6 Å². The first-order chi connectivity index (χ1) is 8.58. The highest BCUT2D eigenvalue weighted by atomic mass is 16.2. The van der Waals surface area contributed by atoms with Crippen LogP contribution in [0.25, 0.3) is 0 Å². The van der Waals surface area contributed by atoms with E-state index in [2.05, 4.69) is 29.2 Å². The summed E-state index contributed by atoms with van der Waals surface area (Å²) in [6.07, 6.45) is 1.36. The molecule has 0 fully saturated rings. The molecule has 1 aromatic carbocycles. The molecule has 0 aliphatic carbocycles. The topological polar surface area (TPSA) is 59.8 Å². The lowest BCUT2D eigenvalue weighted by atomic mass is 10.0. The molecule has 18 heavy (non-hydrogen) atoms. The second-order valence-electron chi connectivity index (χ2n) is 4.44. The number of aryl methyl sites for hydroxylation is 1. The number of aromatic nitrogens is 3. The molecule has 0 atom stereocenters. The zero-order chi connectivity index (χ0) is 13.1. The van der Waals surface area contributed by atoms with E-state index in [1.165, 1.54) is 16.6 Å². The Morgan fingerprint density at radius 3 is 2.78 bits per heavy atom. The van der Waals surface area contributed by atoms with E-state index in [0.717, 1.165) is 5.69 Å². The van der Waals surface area contributed by atoms with Gasteiger partial charge in [0.05, 0.1) is 0 Å². The third-order valence-corrected chi connectivity index (χ3v) is 2.73. The van der Waals surface area contributed by atoms with Gasteiger partial charge < -0.3 is 5.32 Å². The molecule has 0 saturated heterocycles. The molecule has 0 spiro atoms. The number of hydrogen-bond donors (Lipinski definition) is 1. The van der Waals surface area contributed by atoms with Crippen molar-refractivity contribution in [3.63, 3.8) is 0 Å². The smallest absolute Gasteiger partial charge is 0.293 e. The van der Waals surface area contributed by atoms with Gasteiger partial charge in [0.25, 0.3) is 5.91 Å². The van der Waals surface area contributed by atoms with Crippen molar-refractivity contribution in [3.05, 3.63) is 42.0 Å². The number of benzene rings is 1. The van der Waals surface area contributed by atoms with E-state index in [1.54, 1.807) is 7.05 Å². The molecule has 2 rings (SSSR count). The zero-order valence-electron chi connectivity index (χ0n) is 10.7. The van der Waals surface area contributed by atoms with Crippen LogP contribution in [0.5, 0.6) is 0 Å². The first kappa shape index (κ1) is 12.3. The van der Waals surface area contributed by atoms with Gasteiger partial charge in [-0.2, -0.15) is 5.10 Å². The van der Waals surface area contributed by atoms with Crippen molar-refractivity contribution in [3.8, 4) is 0 Å². The van der Waals surface area contributed by atoms with E-state index in [0.29, 0.717) is 11.7 Å². The molecular weight excluding hydrogens is 228 g/mol. The summed E-state index contributed by atoms with van der Waals surface area (Å²) in [5.41, 5.74) is 1.96. The van der Waals surface area contributed by atoms with Crippen molar-refractivity contribution in [2.45, 2.75) is 19.8 Å². The normalized spacial score (nSPS) is 10.7. The zero-order valence-corrected chi connectivity index (χ0v) is 10.7. The molecular formula is C13H16N4O. The van der Waals surface area contributed by atoms with Gasteiger partial charge in [0.15, 0.2) is 0 Å². The van der Waals surface area contributed by atoms with Crippen LogP contribution in [-0.4, -0.2) is 20.7 Å². The maximum Gasteiger partial charge on any atom is 0.293 e. The Kier molecular flexibility index (Phi) is 3.41. The fraction of sp³-hybridized carbons (Fsp3) is 0.308. The number of hydrogen-bond acceptors (Lipinski definition) is 3. The second-order valence-corrected chi connectivity index (χ2v) is 4.44. The van der Waals surface area contributed by atoms with Gasteiger partial charge in [0.2, 0.25) is 5.82 Å². The molecule has 0 aliphatic heterocycles. The fourth-order valence-electron chi connectivity index (χ4n) is 1.66. The Hall–Kier alpha value is -2.17. The molecule has 0 radical (unpaired) electrons. The highest BCUT2D eigenvalue weighted by molar-refractivity contribution is 6.01. The van der Waals surface area contributed by atoms with Crippen molar-refractivity contribution in [2.75, 3.05) is 5.32 Å². The number of anilines is 1. The Bertz CT molecular complexity index is 560.